The molecule has 0 unspecified atom stereocenters. The zero-order valence-electron chi connectivity index (χ0n) is 16.9. The molecule has 5 nitrogen and oxygen atoms in total. The van der Waals surface area contributed by atoms with Gasteiger partial charge in [0.1, 0.15) is 5.75 Å². The SMILES string of the molecule is CCCCN(C)C(=NC)NCC1(c2ccc(OCC)cc2)CCOCC1. The highest BCUT2D eigenvalue weighted by atomic mass is 16.5. The van der Waals surface area contributed by atoms with Crippen LogP contribution in [0.2, 0.25) is 0 Å². The summed E-state index contributed by atoms with van der Waals surface area (Å²) in [4.78, 5) is 6.69. The summed E-state index contributed by atoms with van der Waals surface area (Å²) < 4.78 is 11.2. The van der Waals surface area contributed by atoms with E-state index in [1.165, 1.54) is 18.4 Å². The maximum atomic E-state index is 5.65. The molecule has 2 rings (SSSR count). The molecule has 0 spiro atoms. The van der Waals surface area contributed by atoms with E-state index in [0.717, 1.165) is 50.9 Å². The van der Waals surface area contributed by atoms with Crippen LogP contribution in [-0.4, -0.2) is 57.9 Å². The van der Waals surface area contributed by atoms with Crippen LogP contribution >= 0.6 is 0 Å². The van der Waals surface area contributed by atoms with Gasteiger partial charge in [0, 0.05) is 45.8 Å². The van der Waals surface area contributed by atoms with Gasteiger partial charge in [-0.1, -0.05) is 25.5 Å². The maximum absolute atomic E-state index is 5.65. The topological polar surface area (TPSA) is 46.1 Å². The summed E-state index contributed by atoms with van der Waals surface area (Å²) in [5.41, 5.74) is 1.42. The summed E-state index contributed by atoms with van der Waals surface area (Å²) in [7, 11) is 3.97. The number of rotatable bonds is 8. The smallest absolute Gasteiger partial charge is 0.193 e. The number of hydrogen-bond acceptors (Lipinski definition) is 3. The van der Waals surface area contributed by atoms with Crippen molar-refractivity contribution in [2.45, 2.75) is 44.9 Å². The molecule has 1 aliphatic heterocycles. The minimum Gasteiger partial charge on any atom is -0.494 e. The van der Waals surface area contributed by atoms with Gasteiger partial charge < -0.3 is 19.7 Å². The van der Waals surface area contributed by atoms with Gasteiger partial charge in [-0.05, 0) is 43.9 Å². The molecule has 1 aliphatic rings. The van der Waals surface area contributed by atoms with E-state index in [4.69, 9.17) is 9.47 Å². The Morgan fingerprint density at radius 1 is 1.23 bits per heavy atom. The third-order valence-corrected chi connectivity index (χ3v) is 5.23. The van der Waals surface area contributed by atoms with Gasteiger partial charge in [0.25, 0.3) is 0 Å². The van der Waals surface area contributed by atoms with E-state index in [-0.39, 0.29) is 5.41 Å². The molecule has 0 atom stereocenters. The third-order valence-electron chi connectivity index (χ3n) is 5.23. The van der Waals surface area contributed by atoms with Crippen molar-refractivity contribution in [1.82, 2.24) is 10.2 Å². The molecule has 0 amide bonds. The molecule has 1 heterocycles. The molecule has 1 N–H and O–H groups in total. The lowest BCUT2D eigenvalue weighted by Gasteiger charge is -2.39. The van der Waals surface area contributed by atoms with Crippen LogP contribution in [0.3, 0.4) is 0 Å². The largest absolute Gasteiger partial charge is 0.494 e. The van der Waals surface area contributed by atoms with Crippen LogP contribution in [0.15, 0.2) is 29.3 Å². The fourth-order valence-corrected chi connectivity index (χ4v) is 3.54. The molecule has 0 bridgehead atoms. The summed E-state index contributed by atoms with van der Waals surface area (Å²) in [6.07, 6.45) is 4.40. The lowest BCUT2D eigenvalue weighted by atomic mass is 9.74. The molecule has 1 aromatic carbocycles. The number of nitrogens with one attached hydrogen (secondary N) is 1. The van der Waals surface area contributed by atoms with Crippen LogP contribution in [0.4, 0.5) is 0 Å². The van der Waals surface area contributed by atoms with Crippen molar-refractivity contribution < 1.29 is 9.47 Å². The predicted octanol–water partition coefficient (Wildman–Crippen LogP) is 3.44. The van der Waals surface area contributed by atoms with Crippen molar-refractivity contribution in [3.05, 3.63) is 29.8 Å². The quantitative estimate of drug-likeness (QED) is 0.569. The van der Waals surface area contributed by atoms with E-state index >= 15 is 0 Å². The van der Waals surface area contributed by atoms with E-state index in [9.17, 15) is 0 Å². The van der Waals surface area contributed by atoms with Crippen molar-refractivity contribution in [2.24, 2.45) is 4.99 Å². The molecule has 5 heteroatoms. The van der Waals surface area contributed by atoms with Crippen molar-refractivity contribution in [3.8, 4) is 5.75 Å². The second-order valence-electron chi connectivity index (χ2n) is 7.03. The van der Waals surface area contributed by atoms with E-state index in [1.54, 1.807) is 0 Å². The minimum atomic E-state index is 0.0739. The van der Waals surface area contributed by atoms with Gasteiger partial charge in [0.05, 0.1) is 6.61 Å². The zero-order chi connectivity index (χ0) is 18.8. The van der Waals surface area contributed by atoms with Gasteiger partial charge in [-0.25, -0.2) is 0 Å². The van der Waals surface area contributed by atoms with Crippen LogP contribution < -0.4 is 10.1 Å². The average molecular weight is 362 g/mol. The van der Waals surface area contributed by atoms with Crippen molar-refractivity contribution >= 4 is 5.96 Å². The molecule has 0 radical (unpaired) electrons. The second-order valence-corrected chi connectivity index (χ2v) is 7.03. The Morgan fingerprint density at radius 3 is 2.50 bits per heavy atom. The molecule has 26 heavy (non-hydrogen) atoms. The molecule has 1 fully saturated rings. The summed E-state index contributed by atoms with van der Waals surface area (Å²) in [6, 6.07) is 8.58. The zero-order valence-corrected chi connectivity index (χ0v) is 16.9. The van der Waals surface area contributed by atoms with Crippen LogP contribution in [0.25, 0.3) is 0 Å². The van der Waals surface area contributed by atoms with Crippen molar-refractivity contribution in [2.75, 3.05) is 47.0 Å². The fraction of sp³-hybridized carbons (Fsp3) is 0.667. The van der Waals surface area contributed by atoms with Crippen LogP contribution in [-0.2, 0) is 10.2 Å². The van der Waals surface area contributed by atoms with Crippen LogP contribution in [0, 0.1) is 0 Å². The Balaban J connectivity index is 2.11. The molecule has 0 aromatic heterocycles. The number of nitrogens with zero attached hydrogens (tertiary/aromatic N) is 2. The summed E-state index contributed by atoms with van der Waals surface area (Å²) in [5, 5.41) is 3.62. The minimum absolute atomic E-state index is 0.0739. The molecule has 146 valence electrons. The van der Waals surface area contributed by atoms with Gasteiger partial charge in [-0.15, -0.1) is 0 Å². The number of ether oxygens (including phenoxy) is 2. The fourth-order valence-electron chi connectivity index (χ4n) is 3.54. The molecule has 1 saturated heterocycles. The normalized spacial score (nSPS) is 17.0. The number of benzene rings is 1. The van der Waals surface area contributed by atoms with Crippen LogP contribution in [0.5, 0.6) is 5.75 Å². The first-order valence-electron chi connectivity index (χ1n) is 9.88. The lowest BCUT2D eigenvalue weighted by Crippen LogP contribution is -2.48. The summed E-state index contributed by atoms with van der Waals surface area (Å²) >= 11 is 0. The van der Waals surface area contributed by atoms with Gasteiger partial charge in [-0.2, -0.15) is 0 Å². The number of aliphatic imine (C=N–C) groups is 1. The lowest BCUT2D eigenvalue weighted by molar-refractivity contribution is 0.0512. The third kappa shape index (κ3) is 5.37. The first kappa shape index (κ1) is 20.6. The first-order valence-corrected chi connectivity index (χ1v) is 9.88. The Kier molecular flexibility index (Phi) is 8.23. The predicted molar refractivity (Wildman–Crippen MR) is 108 cm³/mol. The summed E-state index contributed by atoms with van der Waals surface area (Å²) in [6.45, 7) is 8.42. The summed E-state index contributed by atoms with van der Waals surface area (Å²) in [5.74, 6) is 1.90. The van der Waals surface area contributed by atoms with Gasteiger partial charge in [0.2, 0.25) is 0 Å². The first-order chi connectivity index (χ1) is 12.6. The van der Waals surface area contributed by atoms with E-state index in [1.807, 2.05) is 14.0 Å². The van der Waals surface area contributed by atoms with E-state index < -0.39 is 0 Å². The molecular weight excluding hydrogens is 326 g/mol. The van der Waals surface area contributed by atoms with Gasteiger partial charge in [0.15, 0.2) is 5.96 Å². The number of guanidine groups is 1. The van der Waals surface area contributed by atoms with Gasteiger partial charge in [-0.3, -0.25) is 4.99 Å². The Morgan fingerprint density at radius 2 is 1.92 bits per heavy atom. The monoisotopic (exact) mass is 361 g/mol. The molecule has 0 aliphatic carbocycles. The van der Waals surface area contributed by atoms with E-state index in [2.05, 4.69) is 53.4 Å². The van der Waals surface area contributed by atoms with Crippen LogP contribution in [0.1, 0.15) is 45.1 Å². The number of unbranched alkanes of at least 4 members (excludes halogenated alkanes) is 1. The average Bonchev–Trinajstić information content (AvgIpc) is 2.68. The maximum Gasteiger partial charge on any atom is 0.193 e. The molecular formula is C21H35N3O2. The standard InChI is InChI=1S/C21H35N3O2/c1-5-7-14-24(4)20(22-3)23-17-21(12-15-25-16-13-21)18-8-10-19(11-9-18)26-6-2/h8-11H,5-7,12-17H2,1-4H3,(H,22,23). The highest BCUT2D eigenvalue weighted by molar-refractivity contribution is 5.79. The Labute approximate surface area is 158 Å². The Hall–Kier alpha value is -1.75. The second kappa shape index (κ2) is 10.4. The Bertz CT molecular complexity index is 551. The van der Waals surface area contributed by atoms with E-state index in [0.29, 0.717) is 6.61 Å². The highest BCUT2D eigenvalue weighted by Gasteiger charge is 2.34. The number of hydrogen-bond donors (Lipinski definition) is 1. The highest BCUT2D eigenvalue weighted by Crippen LogP contribution is 2.35. The van der Waals surface area contributed by atoms with Crippen molar-refractivity contribution in [1.29, 1.82) is 0 Å². The molecule has 0 saturated carbocycles. The van der Waals surface area contributed by atoms with Crippen molar-refractivity contribution in [3.63, 3.8) is 0 Å². The van der Waals surface area contributed by atoms with Gasteiger partial charge >= 0.3 is 0 Å². The molecule has 1 aromatic rings.